The number of carbonyl (C=O) groups excluding carboxylic acids is 1. The molecule has 0 bridgehead atoms. The predicted octanol–water partition coefficient (Wildman–Crippen LogP) is 2.63. The minimum Gasteiger partial charge on any atom is -0.482 e. The van der Waals surface area contributed by atoms with Gasteiger partial charge in [0.15, 0.2) is 6.61 Å². The van der Waals surface area contributed by atoms with E-state index in [4.69, 9.17) is 16.3 Å². The molecule has 1 aromatic carbocycles. The summed E-state index contributed by atoms with van der Waals surface area (Å²) in [5.74, 6) is 1.74. The van der Waals surface area contributed by atoms with Crippen molar-refractivity contribution in [3.63, 3.8) is 0 Å². The second kappa shape index (κ2) is 5.19. The van der Waals surface area contributed by atoms with E-state index in [1.54, 1.807) is 23.1 Å². The first-order chi connectivity index (χ1) is 8.11. The Hall–Kier alpha value is -0.870. The SMILES string of the molecule is CC(CS)CN1C(=O)COc2ccc(Cl)cc21. The maximum absolute atomic E-state index is 11.9. The van der Waals surface area contributed by atoms with Gasteiger partial charge in [-0.2, -0.15) is 12.6 Å². The molecule has 1 amide bonds. The predicted molar refractivity (Wildman–Crippen MR) is 72.3 cm³/mol. The normalized spacial score (nSPS) is 16.4. The Morgan fingerprint density at radius 3 is 3.06 bits per heavy atom. The first-order valence-corrected chi connectivity index (χ1v) is 6.46. The monoisotopic (exact) mass is 271 g/mol. The number of hydrogen-bond acceptors (Lipinski definition) is 3. The zero-order valence-corrected chi connectivity index (χ0v) is 11.2. The minimum atomic E-state index is -0.0339. The summed E-state index contributed by atoms with van der Waals surface area (Å²) in [5.41, 5.74) is 0.752. The number of benzene rings is 1. The quantitative estimate of drug-likeness (QED) is 0.857. The third-order valence-electron chi connectivity index (χ3n) is 2.67. The second-order valence-corrected chi connectivity index (χ2v) is 4.99. The highest BCUT2D eigenvalue weighted by atomic mass is 35.5. The van der Waals surface area contributed by atoms with Crippen molar-refractivity contribution in [2.24, 2.45) is 5.92 Å². The van der Waals surface area contributed by atoms with Gasteiger partial charge in [-0.3, -0.25) is 4.79 Å². The summed E-state index contributed by atoms with van der Waals surface area (Å²) in [5, 5.41) is 0.602. The van der Waals surface area contributed by atoms with Gasteiger partial charge in [0, 0.05) is 11.6 Å². The van der Waals surface area contributed by atoms with E-state index in [1.165, 1.54) is 0 Å². The molecule has 1 aliphatic rings. The van der Waals surface area contributed by atoms with Crippen LogP contribution >= 0.6 is 24.2 Å². The molecule has 0 N–H and O–H groups in total. The molecule has 1 unspecified atom stereocenters. The lowest BCUT2D eigenvalue weighted by Gasteiger charge is -2.31. The van der Waals surface area contributed by atoms with Crippen LogP contribution in [-0.2, 0) is 4.79 Å². The van der Waals surface area contributed by atoms with Gasteiger partial charge in [-0.1, -0.05) is 18.5 Å². The largest absolute Gasteiger partial charge is 0.482 e. The number of thiol groups is 1. The summed E-state index contributed by atoms with van der Waals surface area (Å²) >= 11 is 10.2. The van der Waals surface area contributed by atoms with Gasteiger partial charge >= 0.3 is 0 Å². The molecule has 1 aliphatic heterocycles. The van der Waals surface area contributed by atoms with E-state index in [0.717, 1.165) is 11.4 Å². The van der Waals surface area contributed by atoms with Crippen LogP contribution in [0.1, 0.15) is 6.92 Å². The number of halogens is 1. The van der Waals surface area contributed by atoms with Crippen LogP contribution in [0.2, 0.25) is 5.02 Å². The number of fused-ring (bicyclic) bond motifs is 1. The maximum atomic E-state index is 11.9. The molecule has 0 saturated carbocycles. The number of amides is 1. The van der Waals surface area contributed by atoms with Gasteiger partial charge in [-0.15, -0.1) is 0 Å². The molecule has 1 atom stereocenters. The van der Waals surface area contributed by atoms with E-state index in [0.29, 0.717) is 23.2 Å². The molecule has 5 heteroatoms. The number of nitrogens with zero attached hydrogens (tertiary/aromatic N) is 1. The van der Waals surface area contributed by atoms with Crippen molar-refractivity contribution in [2.75, 3.05) is 23.8 Å². The zero-order valence-electron chi connectivity index (χ0n) is 9.52. The summed E-state index contributed by atoms with van der Waals surface area (Å²) in [4.78, 5) is 13.6. The van der Waals surface area contributed by atoms with E-state index < -0.39 is 0 Å². The van der Waals surface area contributed by atoms with Gasteiger partial charge in [0.25, 0.3) is 5.91 Å². The van der Waals surface area contributed by atoms with Crippen LogP contribution in [0.3, 0.4) is 0 Å². The number of anilines is 1. The molecule has 92 valence electrons. The molecule has 0 radical (unpaired) electrons. The van der Waals surface area contributed by atoms with Crippen molar-refractivity contribution < 1.29 is 9.53 Å². The van der Waals surface area contributed by atoms with Gasteiger partial charge in [0.05, 0.1) is 5.69 Å². The van der Waals surface area contributed by atoms with Crippen molar-refractivity contribution in [2.45, 2.75) is 6.92 Å². The van der Waals surface area contributed by atoms with E-state index in [-0.39, 0.29) is 12.5 Å². The van der Waals surface area contributed by atoms with E-state index in [2.05, 4.69) is 19.6 Å². The number of rotatable bonds is 3. The Morgan fingerprint density at radius 1 is 1.59 bits per heavy atom. The Labute approximate surface area is 111 Å². The van der Waals surface area contributed by atoms with Gasteiger partial charge in [0.2, 0.25) is 0 Å². The van der Waals surface area contributed by atoms with Crippen LogP contribution in [0.5, 0.6) is 5.75 Å². The summed E-state index contributed by atoms with van der Waals surface area (Å²) in [6.45, 7) is 2.78. The maximum Gasteiger partial charge on any atom is 0.265 e. The summed E-state index contributed by atoms with van der Waals surface area (Å²) in [6.07, 6.45) is 0. The van der Waals surface area contributed by atoms with Crippen LogP contribution in [0, 0.1) is 5.92 Å². The lowest BCUT2D eigenvalue weighted by molar-refractivity contribution is -0.121. The molecule has 0 fully saturated rings. The fourth-order valence-electron chi connectivity index (χ4n) is 1.74. The lowest BCUT2D eigenvalue weighted by atomic mass is 10.1. The second-order valence-electron chi connectivity index (χ2n) is 4.19. The zero-order chi connectivity index (χ0) is 12.4. The Kier molecular flexibility index (Phi) is 3.84. The van der Waals surface area contributed by atoms with Gasteiger partial charge in [0.1, 0.15) is 5.75 Å². The van der Waals surface area contributed by atoms with Gasteiger partial charge in [-0.25, -0.2) is 0 Å². The highest BCUT2D eigenvalue weighted by Gasteiger charge is 2.26. The molecule has 2 rings (SSSR count). The molecule has 0 spiro atoms. The number of ether oxygens (including phenoxy) is 1. The summed E-state index contributed by atoms with van der Waals surface area (Å²) in [7, 11) is 0. The van der Waals surface area contributed by atoms with Crippen LogP contribution in [0.15, 0.2) is 18.2 Å². The van der Waals surface area contributed by atoms with Gasteiger partial charge in [-0.05, 0) is 29.9 Å². The topological polar surface area (TPSA) is 29.5 Å². The molecule has 1 heterocycles. The van der Waals surface area contributed by atoms with Crippen molar-refractivity contribution in [1.29, 1.82) is 0 Å². The summed E-state index contributed by atoms with van der Waals surface area (Å²) < 4.78 is 5.37. The fourth-order valence-corrected chi connectivity index (χ4v) is 2.03. The van der Waals surface area contributed by atoms with Crippen LogP contribution in [-0.4, -0.2) is 24.8 Å². The average molecular weight is 272 g/mol. The molecular weight excluding hydrogens is 258 g/mol. The van der Waals surface area contributed by atoms with Crippen LogP contribution < -0.4 is 9.64 Å². The molecule has 3 nitrogen and oxygen atoms in total. The first kappa shape index (κ1) is 12.6. The third-order valence-corrected chi connectivity index (χ3v) is 3.53. The number of carbonyl (C=O) groups is 1. The van der Waals surface area contributed by atoms with Crippen LogP contribution in [0.25, 0.3) is 0 Å². The lowest BCUT2D eigenvalue weighted by Crippen LogP contribution is -2.41. The average Bonchev–Trinajstić information content (AvgIpc) is 2.32. The van der Waals surface area contributed by atoms with Crippen molar-refractivity contribution in [3.05, 3.63) is 23.2 Å². The molecule has 0 saturated heterocycles. The Bertz CT molecular complexity index is 439. The molecule has 0 aliphatic carbocycles. The van der Waals surface area contributed by atoms with Crippen molar-refractivity contribution in [1.82, 2.24) is 0 Å². The molecular formula is C12H14ClNO2S. The molecule has 1 aromatic rings. The third kappa shape index (κ3) is 2.69. The van der Waals surface area contributed by atoms with Crippen molar-refractivity contribution >= 4 is 35.8 Å². The molecule has 17 heavy (non-hydrogen) atoms. The Balaban J connectivity index is 2.32. The van der Waals surface area contributed by atoms with E-state index >= 15 is 0 Å². The highest BCUT2D eigenvalue weighted by Crippen LogP contribution is 2.34. The van der Waals surface area contributed by atoms with Gasteiger partial charge < -0.3 is 9.64 Å². The minimum absolute atomic E-state index is 0.0339. The Morgan fingerprint density at radius 2 is 2.35 bits per heavy atom. The smallest absolute Gasteiger partial charge is 0.265 e. The number of hydrogen-bond donors (Lipinski definition) is 1. The van der Waals surface area contributed by atoms with E-state index in [9.17, 15) is 4.79 Å². The highest BCUT2D eigenvalue weighted by molar-refractivity contribution is 7.80. The molecule has 0 aromatic heterocycles. The first-order valence-electron chi connectivity index (χ1n) is 5.45. The van der Waals surface area contributed by atoms with Crippen molar-refractivity contribution in [3.8, 4) is 5.75 Å². The fraction of sp³-hybridized carbons (Fsp3) is 0.417. The summed E-state index contributed by atoms with van der Waals surface area (Å²) in [6, 6.07) is 5.32. The van der Waals surface area contributed by atoms with Crippen LogP contribution in [0.4, 0.5) is 5.69 Å². The standard InChI is InChI=1S/C12H14ClNO2S/c1-8(7-17)5-14-10-4-9(13)2-3-11(10)16-6-12(14)15/h2-4,8,17H,5-7H2,1H3. The van der Waals surface area contributed by atoms with E-state index in [1.807, 2.05) is 0 Å².